The van der Waals surface area contributed by atoms with Crippen LogP contribution in [0.2, 0.25) is 0 Å². The molecule has 0 saturated heterocycles. The molecule has 11 heavy (non-hydrogen) atoms. The Kier molecular flexibility index (Phi) is 3.53. The van der Waals surface area contributed by atoms with Crippen LogP contribution in [0.5, 0.6) is 0 Å². The van der Waals surface area contributed by atoms with Gasteiger partial charge in [0.05, 0.1) is 13.0 Å². The van der Waals surface area contributed by atoms with Gasteiger partial charge in [0.25, 0.3) is 0 Å². The van der Waals surface area contributed by atoms with Crippen molar-refractivity contribution < 1.29 is 19.4 Å². The molecule has 0 saturated carbocycles. The molecule has 5 nitrogen and oxygen atoms in total. The highest BCUT2D eigenvalue weighted by Gasteiger charge is 2.26. The Bertz CT molecular complexity index is 168. The smallest absolute Gasteiger partial charge is 0.321 e. The van der Waals surface area contributed by atoms with Gasteiger partial charge in [-0.05, 0) is 6.92 Å². The first-order chi connectivity index (χ1) is 5.00. The van der Waals surface area contributed by atoms with Gasteiger partial charge in [-0.2, -0.15) is 0 Å². The van der Waals surface area contributed by atoms with Crippen LogP contribution in [-0.4, -0.2) is 30.2 Å². The minimum absolute atomic E-state index is 0.611. The predicted molar refractivity (Wildman–Crippen MR) is 36.8 cm³/mol. The number of rotatable bonds is 3. The second-order valence-corrected chi connectivity index (χ2v) is 2.18. The molecule has 0 rings (SSSR count). The topological polar surface area (TPSA) is 89.6 Å². The van der Waals surface area contributed by atoms with Crippen molar-refractivity contribution in [2.75, 3.05) is 7.11 Å². The van der Waals surface area contributed by atoms with E-state index in [1.165, 1.54) is 14.0 Å². The number of hydrogen-bond acceptors (Lipinski definition) is 4. The molecule has 5 heteroatoms. The van der Waals surface area contributed by atoms with Gasteiger partial charge in [0.15, 0.2) is 0 Å². The van der Waals surface area contributed by atoms with E-state index in [1.807, 2.05) is 0 Å². The third-order valence-corrected chi connectivity index (χ3v) is 1.40. The average Bonchev–Trinajstić information content (AvgIpc) is 2.00. The lowest BCUT2D eigenvalue weighted by atomic mass is 10.0. The first kappa shape index (κ1) is 9.90. The number of aliphatic carboxylic acids is 1. The molecule has 0 bridgehead atoms. The average molecular weight is 161 g/mol. The first-order valence-corrected chi connectivity index (χ1v) is 3.07. The van der Waals surface area contributed by atoms with E-state index in [2.05, 4.69) is 4.74 Å². The van der Waals surface area contributed by atoms with E-state index in [0.29, 0.717) is 0 Å². The maximum atomic E-state index is 10.7. The lowest BCUT2D eigenvalue weighted by Crippen LogP contribution is -2.40. The lowest BCUT2D eigenvalue weighted by molar-refractivity contribution is -0.151. The summed E-state index contributed by atoms with van der Waals surface area (Å²) in [6, 6.07) is -1.19. The van der Waals surface area contributed by atoms with Crippen LogP contribution >= 0.6 is 0 Å². The van der Waals surface area contributed by atoms with E-state index in [9.17, 15) is 9.59 Å². The van der Waals surface area contributed by atoms with E-state index in [4.69, 9.17) is 10.8 Å². The number of methoxy groups -OCH3 is 1. The zero-order valence-electron chi connectivity index (χ0n) is 6.40. The number of carbonyl (C=O) groups excluding carboxylic acids is 1. The summed E-state index contributed by atoms with van der Waals surface area (Å²) in [4.78, 5) is 20.9. The number of esters is 1. The van der Waals surface area contributed by atoms with E-state index in [1.54, 1.807) is 0 Å². The summed E-state index contributed by atoms with van der Waals surface area (Å²) < 4.78 is 4.30. The summed E-state index contributed by atoms with van der Waals surface area (Å²) in [6.45, 7) is 1.41. The minimum atomic E-state index is -1.21. The summed E-state index contributed by atoms with van der Waals surface area (Å²) in [6.07, 6.45) is 0. The molecule has 0 aromatic heterocycles. The van der Waals surface area contributed by atoms with Gasteiger partial charge in [-0.15, -0.1) is 0 Å². The zero-order chi connectivity index (χ0) is 9.02. The molecule has 0 aliphatic carbocycles. The lowest BCUT2D eigenvalue weighted by Gasteiger charge is -2.12. The summed E-state index contributed by atoms with van der Waals surface area (Å²) in [5.41, 5.74) is 5.14. The van der Waals surface area contributed by atoms with Crippen molar-refractivity contribution in [2.24, 2.45) is 11.7 Å². The van der Waals surface area contributed by atoms with Crippen LogP contribution in [0.1, 0.15) is 6.92 Å². The van der Waals surface area contributed by atoms with Crippen LogP contribution in [-0.2, 0) is 14.3 Å². The molecule has 3 N–H and O–H groups in total. The summed E-state index contributed by atoms with van der Waals surface area (Å²) in [5.74, 6) is -2.62. The van der Waals surface area contributed by atoms with Gasteiger partial charge in [-0.3, -0.25) is 9.59 Å². The molecule has 1 unspecified atom stereocenters. The maximum Gasteiger partial charge on any atom is 0.321 e. The maximum absolute atomic E-state index is 10.7. The molecule has 64 valence electrons. The fourth-order valence-electron chi connectivity index (χ4n) is 0.546. The van der Waals surface area contributed by atoms with Crippen molar-refractivity contribution in [1.29, 1.82) is 0 Å². The van der Waals surface area contributed by atoms with Crippen molar-refractivity contribution in [3.05, 3.63) is 0 Å². The first-order valence-electron chi connectivity index (χ1n) is 3.07. The van der Waals surface area contributed by atoms with E-state index < -0.39 is 23.9 Å². The number of ether oxygens (including phenoxy) is 1. The van der Waals surface area contributed by atoms with Crippen LogP contribution in [0.25, 0.3) is 0 Å². The standard InChI is InChI=1S/C6H11NO4/c1-3(6(10)11-2)4(7)5(8)9/h3-4H,7H2,1-2H3,(H,8,9)/t3?,4-/m0/s1. The number of hydrogen-bond donors (Lipinski definition) is 2. The van der Waals surface area contributed by atoms with E-state index >= 15 is 0 Å². The van der Waals surface area contributed by atoms with Crippen LogP contribution in [0, 0.1) is 5.92 Å². The largest absolute Gasteiger partial charge is 0.480 e. The molecular weight excluding hydrogens is 150 g/mol. The van der Waals surface area contributed by atoms with Gasteiger partial charge in [0.1, 0.15) is 6.04 Å². The summed E-state index contributed by atoms with van der Waals surface area (Å²) >= 11 is 0. The Hall–Kier alpha value is -1.10. The summed E-state index contributed by atoms with van der Waals surface area (Å²) in [7, 11) is 1.19. The number of nitrogens with two attached hydrogens (primary N) is 1. The van der Waals surface area contributed by atoms with Crippen molar-refractivity contribution in [3.8, 4) is 0 Å². The monoisotopic (exact) mass is 161 g/mol. The van der Waals surface area contributed by atoms with Gasteiger partial charge >= 0.3 is 11.9 Å². The fourth-order valence-corrected chi connectivity index (χ4v) is 0.546. The minimum Gasteiger partial charge on any atom is -0.480 e. The molecule has 0 amide bonds. The molecule has 2 atom stereocenters. The second kappa shape index (κ2) is 3.92. The van der Waals surface area contributed by atoms with Crippen LogP contribution in [0.4, 0.5) is 0 Å². The van der Waals surface area contributed by atoms with Crippen LogP contribution in [0.3, 0.4) is 0 Å². The SMILES string of the molecule is COC(=O)C(C)[C@H](N)C(=O)O. The van der Waals surface area contributed by atoms with Gasteiger partial charge in [-0.1, -0.05) is 0 Å². The van der Waals surface area contributed by atoms with Crippen LogP contribution in [0.15, 0.2) is 0 Å². The van der Waals surface area contributed by atoms with Gasteiger partial charge in [0.2, 0.25) is 0 Å². The zero-order valence-corrected chi connectivity index (χ0v) is 6.40. The van der Waals surface area contributed by atoms with Crippen molar-refractivity contribution >= 4 is 11.9 Å². The van der Waals surface area contributed by atoms with Gasteiger partial charge < -0.3 is 15.6 Å². The third kappa shape index (κ3) is 2.55. The Morgan fingerprint density at radius 3 is 2.27 bits per heavy atom. The second-order valence-electron chi connectivity index (χ2n) is 2.18. The van der Waals surface area contributed by atoms with Gasteiger partial charge in [0, 0.05) is 0 Å². The number of carbonyl (C=O) groups is 2. The normalized spacial score (nSPS) is 15.2. The molecule has 0 aliphatic heterocycles. The van der Waals surface area contributed by atoms with Crippen molar-refractivity contribution in [1.82, 2.24) is 0 Å². The molecule has 0 aromatic rings. The molecule has 0 aromatic carbocycles. The van der Waals surface area contributed by atoms with E-state index in [-0.39, 0.29) is 0 Å². The molecule has 0 radical (unpaired) electrons. The Morgan fingerprint density at radius 2 is 2.00 bits per heavy atom. The highest BCUT2D eigenvalue weighted by Crippen LogP contribution is 2.02. The van der Waals surface area contributed by atoms with Crippen LogP contribution < -0.4 is 5.73 Å². The van der Waals surface area contributed by atoms with E-state index in [0.717, 1.165) is 0 Å². The predicted octanol–water partition coefficient (Wildman–Crippen LogP) is -0.793. The number of carboxylic acid groups (broad SMARTS) is 1. The third-order valence-electron chi connectivity index (χ3n) is 1.40. The highest BCUT2D eigenvalue weighted by molar-refractivity contribution is 5.82. The molecular formula is C6H11NO4. The molecule has 0 spiro atoms. The Balaban J connectivity index is 4.12. The Morgan fingerprint density at radius 1 is 1.55 bits per heavy atom. The number of carboxylic acids is 1. The molecule has 0 aliphatic rings. The fraction of sp³-hybridized carbons (Fsp3) is 0.667. The highest BCUT2D eigenvalue weighted by atomic mass is 16.5. The molecule has 0 fully saturated rings. The Labute approximate surface area is 64.1 Å². The van der Waals surface area contributed by atoms with Crippen molar-refractivity contribution in [2.45, 2.75) is 13.0 Å². The van der Waals surface area contributed by atoms with Gasteiger partial charge in [-0.25, -0.2) is 0 Å². The summed E-state index contributed by atoms with van der Waals surface area (Å²) in [5, 5.41) is 8.36. The van der Waals surface area contributed by atoms with Crippen molar-refractivity contribution in [3.63, 3.8) is 0 Å². The quantitative estimate of drug-likeness (QED) is 0.529. The molecule has 0 heterocycles.